The van der Waals surface area contributed by atoms with Gasteiger partial charge in [-0.05, 0) is 19.9 Å². The summed E-state index contributed by atoms with van der Waals surface area (Å²) < 4.78 is 5.03. The Kier molecular flexibility index (Phi) is 4.72. The Labute approximate surface area is 115 Å². The van der Waals surface area contributed by atoms with Gasteiger partial charge in [-0.25, -0.2) is 0 Å². The number of amides is 1. The molecular weight excluding hydrogens is 272 g/mol. The van der Waals surface area contributed by atoms with Crippen LogP contribution in [0.15, 0.2) is 18.2 Å². The van der Waals surface area contributed by atoms with Gasteiger partial charge in [-0.1, -0.05) is 0 Å². The number of carbonyl (C=O) groups is 1. The number of nitro benzene ring substituents is 1. The fourth-order valence-corrected chi connectivity index (χ4v) is 1.37. The lowest BCUT2D eigenvalue weighted by atomic mass is 9.95. The van der Waals surface area contributed by atoms with E-state index in [0.717, 1.165) is 0 Å². The lowest BCUT2D eigenvalue weighted by Crippen LogP contribution is -2.32. The summed E-state index contributed by atoms with van der Waals surface area (Å²) >= 11 is 5.71. The second-order valence-electron chi connectivity index (χ2n) is 4.61. The number of nitro groups is 1. The second-order valence-corrected chi connectivity index (χ2v) is 4.88. The maximum absolute atomic E-state index is 12.0. The van der Waals surface area contributed by atoms with Gasteiger partial charge in [0.2, 0.25) is 5.91 Å². The number of halogens is 1. The largest absolute Gasteiger partial charge is 0.494 e. The van der Waals surface area contributed by atoms with Crippen LogP contribution < -0.4 is 10.1 Å². The van der Waals surface area contributed by atoms with Gasteiger partial charge in [-0.15, -0.1) is 11.6 Å². The van der Waals surface area contributed by atoms with Gasteiger partial charge >= 0.3 is 0 Å². The number of hydrogen-bond donors (Lipinski definition) is 1. The summed E-state index contributed by atoms with van der Waals surface area (Å²) in [5.41, 5.74) is -0.475. The molecule has 0 atom stereocenters. The van der Waals surface area contributed by atoms with Crippen LogP contribution in [0.5, 0.6) is 5.75 Å². The topological polar surface area (TPSA) is 81.5 Å². The van der Waals surface area contributed by atoms with Crippen LogP contribution in [0, 0.1) is 15.5 Å². The molecule has 0 heterocycles. The summed E-state index contributed by atoms with van der Waals surface area (Å²) in [6.07, 6.45) is 0. The van der Waals surface area contributed by atoms with Crippen LogP contribution in [-0.2, 0) is 4.79 Å². The first-order valence-corrected chi connectivity index (χ1v) is 6.05. The lowest BCUT2D eigenvalue weighted by molar-refractivity contribution is -0.384. The van der Waals surface area contributed by atoms with Crippen molar-refractivity contribution in [3.8, 4) is 5.75 Å². The third-order valence-electron chi connectivity index (χ3n) is 2.59. The molecule has 0 fully saturated rings. The van der Waals surface area contributed by atoms with E-state index in [1.165, 1.54) is 25.3 Å². The van der Waals surface area contributed by atoms with Crippen molar-refractivity contribution in [2.75, 3.05) is 18.3 Å². The van der Waals surface area contributed by atoms with E-state index in [-0.39, 0.29) is 23.2 Å². The number of hydrogen-bond acceptors (Lipinski definition) is 4. The van der Waals surface area contributed by atoms with Gasteiger partial charge in [0, 0.05) is 11.9 Å². The van der Waals surface area contributed by atoms with Gasteiger partial charge in [0.1, 0.15) is 5.75 Å². The highest BCUT2D eigenvalue weighted by Crippen LogP contribution is 2.30. The Morgan fingerprint density at radius 3 is 2.63 bits per heavy atom. The third-order valence-corrected chi connectivity index (χ3v) is 3.26. The van der Waals surface area contributed by atoms with Crippen LogP contribution in [0.3, 0.4) is 0 Å². The average molecular weight is 287 g/mol. The normalized spacial score (nSPS) is 10.9. The van der Waals surface area contributed by atoms with Crippen LogP contribution in [0.25, 0.3) is 0 Å². The van der Waals surface area contributed by atoms with Crippen LogP contribution >= 0.6 is 11.6 Å². The van der Waals surface area contributed by atoms with Gasteiger partial charge < -0.3 is 10.1 Å². The molecular formula is C12H15ClN2O4. The molecule has 0 aliphatic heterocycles. The van der Waals surface area contributed by atoms with Crippen LogP contribution in [0.4, 0.5) is 11.4 Å². The quantitative estimate of drug-likeness (QED) is 0.512. The minimum atomic E-state index is -0.742. The first-order chi connectivity index (χ1) is 8.81. The molecule has 104 valence electrons. The summed E-state index contributed by atoms with van der Waals surface area (Å²) in [6.45, 7) is 3.40. The molecule has 0 saturated heterocycles. The highest BCUT2D eigenvalue weighted by atomic mass is 35.5. The first-order valence-electron chi connectivity index (χ1n) is 5.51. The van der Waals surface area contributed by atoms with Crippen molar-refractivity contribution >= 4 is 28.9 Å². The molecule has 0 unspecified atom stereocenters. The summed E-state index contributed by atoms with van der Waals surface area (Å²) in [6, 6.07) is 3.98. The van der Waals surface area contributed by atoms with Crippen molar-refractivity contribution in [1.29, 1.82) is 0 Å². The zero-order valence-corrected chi connectivity index (χ0v) is 11.7. The van der Waals surface area contributed by atoms with Crippen LogP contribution in [-0.4, -0.2) is 23.8 Å². The van der Waals surface area contributed by atoms with Gasteiger partial charge in [0.05, 0.1) is 29.2 Å². The van der Waals surface area contributed by atoms with Gasteiger partial charge in [0.25, 0.3) is 5.69 Å². The molecule has 1 rings (SSSR count). The molecule has 1 aromatic rings. The minimum absolute atomic E-state index is 0.105. The number of anilines is 1. The molecule has 0 aliphatic carbocycles. The van der Waals surface area contributed by atoms with E-state index in [1.54, 1.807) is 13.8 Å². The zero-order valence-electron chi connectivity index (χ0n) is 10.9. The Balaban J connectivity index is 3.02. The van der Waals surface area contributed by atoms with Gasteiger partial charge in [0.15, 0.2) is 0 Å². The lowest BCUT2D eigenvalue weighted by Gasteiger charge is -2.21. The molecule has 1 aromatic carbocycles. The predicted octanol–water partition coefficient (Wildman–Crippen LogP) is 2.81. The number of benzene rings is 1. The van der Waals surface area contributed by atoms with E-state index in [0.29, 0.717) is 5.69 Å². The minimum Gasteiger partial charge on any atom is -0.494 e. The van der Waals surface area contributed by atoms with Crippen molar-refractivity contribution < 1.29 is 14.5 Å². The Morgan fingerprint density at radius 1 is 1.53 bits per heavy atom. The maximum Gasteiger partial charge on any atom is 0.273 e. The predicted molar refractivity (Wildman–Crippen MR) is 72.8 cm³/mol. The van der Waals surface area contributed by atoms with Crippen molar-refractivity contribution in [2.24, 2.45) is 5.41 Å². The molecule has 0 aliphatic rings. The second kappa shape index (κ2) is 5.88. The molecule has 7 heteroatoms. The molecule has 0 radical (unpaired) electrons. The molecule has 1 amide bonds. The Bertz CT molecular complexity index is 503. The van der Waals surface area contributed by atoms with E-state index in [1.807, 2.05) is 0 Å². The molecule has 0 bridgehead atoms. The number of methoxy groups -OCH3 is 1. The maximum atomic E-state index is 12.0. The monoisotopic (exact) mass is 286 g/mol. The average Bonchev–Trinajstić information content (AvgIpc) is 2.38. The summed E-state index contributed by atoms with van der Waals surface area (Å²) in [5, 5.41) is 13.3. The van der Waals surface area contributed by atoms with E-state index in [9.17, 15) is 14.9 Å². The Morgan fingerprint density at radius 2 is 2.16 bits per heavy atom. The van der Waals surface area contributed by atoms with Gasteiger partial charge in [-0.3, -0.25) is 14.9 Å². The molecule has 19 heavy (non-hydrogen) atoms. The van der Waals surface area contributed by atoms with Crippen molar-refractivity contribution in [3.63, 3.8) is 0 Å². The number of rotatable bonds is 5. The van der Waals surface area contributed by atoms with E-state index >= 15 is 0 Å². The SMILES string of the molecule is COc1cc([N+](=O)[O-])ccc1NC(=O)C(C)(C)CCl. The molecule has 1 N–H and O–H groups in total. The third kappa shape index (κ3) is 3.57. The molecule has 0 spiro atoms. The standard InChI is InChI=1S/C12H15ClN2O4/c1-12(2,7-13)11(16)14-9-5-4-8(15(17)18)6-10(9)19-3/h4-6H,7H2,1-3H3,(H,14,16). The number of alkyl halides is 1. The summed E-state index contributed by atoms with van der Waals surface area (Å²) in [5.74, 6) is 0.108. The zero-order chi connectivity index (χ0) is 14.6. The van der Waals surface area contributed by atoms with E-state index < -0.39 is 10.3 Å². The van der Waals surface area contributed by atoms with Crippen LogP contribution in [0.1, 0.15) is 13.8 Å². The smallest absolute Gasteiger partial charge is 0.273 e. The molecule has 0 aromatic heterocycles. The number of ether oxygens (including phenoxy) is 1. The number of carbonyl (C=O) groups excluding carboxylic acids is 1. The summed E-state index contributed by atoms with van der Waals surface area (Å²) in [4.78, 5) is 22.1. The fraction of sp³-hybridized carbons (Fsp3) is 0.417. The van der Waals surface area contributed by atoms with E-state index in [2.05, 4.69) is 5.32 Å². The van der Waals surface area contributed by atoms with Gasteiger partial charge in [-0.2, -0.15) is 0 Å². The first kappa shape index (κ1) is 15.2. The Hall–Kier alpha value is -1.82. The molecule has 6 nitrogen and oxygen atoms in total. The number of nitrogens with zero attached hydrogens (tertiary/aromatic N) is 1. The number of nitrogens with one attached hydrogen (secondary N) is 1. The molecule has 0 saturated carbocycles. The van der Waals surface area contributed by atoms with Crippen molar-refractivity contribution in [3.05, 3.63) is 28.3 Å². The fourth-order valence-electron chi connectivity index (χ4n) is 1.25. The highest BCUT2D eigenvalue weighted by molar-refractivity contribution is 6.20. The van der Waals surface area contributed by atoms with E-state index in [4.69, 9.17) is 16.3 Å². The van der Waals surface area contributed by atoms with Crippen LogP contribution in [0.2, 0.25) is 0 Å². The highest BCUT2D eigenvalue weighted by Gasteiger charge is 2.27. The number of non-ortho nitro benzene ring substituents is 1. The van der Waals surface area contributed by atoms with Crippen molar-refractivity contribution in [1.82, 2.24) is 0 Å². The van der Waals surface area contributed by atoms with Crippen molar-refractivity contribution in [2.45, 2.75) is 13.8 Å². The summed E-state index contributed by atoms with van der Waals surface area (Å²) in [7, 11) is 1.38.